The molecule has 2 aromatic carbocycles. The van der Waals surface area contributed by atoms with Crippen molar-refractivity contribution in [3.8, 4) is 5.75 Å². The molecule has 34 heavy (non-hydrogen) atoms. The van der Waals surface area contributed by atoms with Crippen LogP contribution in [0.1, 0.15) is 65.2 Å². The minimum absolute atomic E-state index is 0.152. The lowest BCUT2D eigenvalue weighted by molar-refractivity contribution is 0.0807. The normalized spacial score (nSPS) is 14.0. The van der Waals surface area contributed by atoms with Crippen LogP contribution in [0.15, 0.2) is 64.7 Å². The number of halogens is 3. The van der Waals surface area contributed by atoms with Gasteiger partial charge in [-0.3, -0.25) is 0 Å². The molecule has 3 nitrogen and oxygen atoms in total. The molecule has 0 fully saturated rings. The van der Waals surface area contributed by atoms with Crippen molar-refractivity contribution in [1.29, 1.82) is 0 Å². The molecule has 0 saturated heterocycles. The Kier molecular flexibility index (Phi) is 8.46. The molecule has 7 heteroatoms. The molecule has 0 atom stereocenters. The highest BCUT2D eigenvalue weighted by Crippen LogP contribution is 2.41. The lowest BCUT2D eigenvalue weighted by Gasteiger charge is -2.29. The van der Waals surface area contributed by atoms with Crippen LogP contribution in [0.5, 0.6) is 5.75 Å². The first-order valence-corrected chi connectivity index (χ1v) is 12.5. The van der Waals surface area contributed by atoms with Crippen molar-refractivity contribution < 1.29 is 26.3 Å². The van der Waals surface area contributed by atoms with E-state index in [1.54, 1.807) is 13.0 Å². The lowest BCUT2D eigenvalue weighted by Crippen LogP contribution is -2.20. The predicted octanol–water partition coefficient (Wildman–Crippen LogP) is 7.61. The lowest BCUT2D eigenvalue weighted by atomic mass is 9.78. The highest BCUT2D eigenvalue weighted by atomic mass is 32.2. The van der Waals surface area contributed by atoms with Gasteiger partial charge >= 0.3 is 0 Å². The van der Waals surface area contributed by atoms with E-state index < -0.39 is 33.4 Å². The number of allylic oxidation sites excluding steroid dienone is 3. The molecule has 0 aliphatic rings. The van der Waals surface area contributed by atoms with E-state index in [4.69, 9.17) is 4.74 Å². The van der Waals surface area contributed by atoms with E-state index in [9.17, 15) is 21.6 Å². The van der Waals surface area contributed by atoms with Crippen molar-refractivity contribution in [2.45, 2.75) is 70.6 Å². The summed E-state index contributed by atoms with van der Waals surface area (Å²) < 4.78 is 71.4. The molecular formula is C27H33F3O3S. The minimum atomic E-state index is -4.29. The average Bonchev–Trinajstić information content (AvgIpc) is 2.74. The Bertz CT molecular complexity index is 1170. The van der Waals surface area contributed by atoms with E-state index in [2.05, 4.69) is 0 Å². The molecule has 2 rings (SSSR count). The summed E-state index contributed by atoms with van der Waals surface area (Å²) in [6.07, 6.45) is -0.449. The zero-order valence-corrected chi connectivity index (χ0v) is 21.6. The van der Waals surface area contributed by atoms with Crippen molar-refractivity contribution in [3.63, 3.8) is 0 Å². The first-order valence-electron chi connectivity index (χ1n) is 11.0. The summed E-state index contributed by atoms with van der Waals surface area (Å²) in [6.45, 7) is 12.8. The molecule has 186 valence electrons. The molecule has 0 aliphatic carbocycles. The maximum absolute atomic E-state index is 14.7. The van der Waals surface area contributed by atoms with Gasteiger partial charge in [-0.15, -0.1) is 0 Å². The molecular weight excluding hydrogens is 461 g/mol. The van der Waals surface area contributed by atoms with Gasteiger partial charge in [-0.2, -0.15) is 4.39 Å². The Labute approximate surface area is 201 Å². The molecule has 0 saturated carbocycles. The summed E-state index contributed by atoms with van der Waals surface area (Å²) in [5.74, 6) is 0.286. The van der Waals surface area contributed by atoms with Gasteiger partial charge in [0, 0.05) is 11.1 Å². The maximum Gasteiger partial charge on any atom is 0.272 e. The quantitative estimate of drug-likeness (QED) is 0.372. The summed E-state index contributed by atoms with van der Waals surface area (Å²) in [7, 11) is -4.29. The fraction of sp³-hybridized carbons (Fsp3) is 0.407. The third kappa shape index (κ3) is 6.75. The fourth-order valence-electron chi connectivity index (χ4n) is 3.30. The van der Waals surface area contributed by atoms with Gasteiger partial charge in [0.15, 0.2) is 0 Å². The molecule has 0 amide bonds. The third-order valence-corrected chi connectivity index (χ3v) is 6.86. The van der Waals surface area contributed by atoms with Crippen LogP contribution >= 0.6 is 0 Å². The molecule has 0 spiro atoms. The first kappa shape index (κ1) is 27.7. The van der Waals surface area contributed by atoms with E-state index in [-0.39, 0.29) is 16.1 Å². The van der Waals surface area contributed by atoms with Crippen LogP contribution in [-0.2, 0) is 20.7 Å². The zero-order valence-electron chi connectivity index (χ0n) is 20.7. The van der Waals surface area contributed by atoms with E-state index >= 15 is 0 Å². The van der Waals surface area contributed by atoms with Gasteiger partial charge in [0.1, 0.15) is 12.4 Å². The highest BCUT2D eigenvalue weighted by Gasteiger charge is 2.27. The highest BCUT2D eigenvalue weighted by molar-refractivity contribution is 7.95. The molecule has 2 aromatic rings. The number of ether oxygens (including phenoxy) is 1. The number of rotatable bonds is 7. The van der Waals surface area contributed by atoms with Crippen LogP contribution < -0.4 is 4.74 Å². The van der Waals surface area contributed by atoms with E-state index in [0.717, 1.165) is 17.2 Å². The van der Waals surface area contributed by atoms with Crippen LogP contribution in [0.4, 0.5) is 13.2 Å². The summed E-state index contributed by atoms with van der Waals surface area (Å²) in [5.41, 5.74) is 2.01. The summed E-state index contributed by atoms with van der Waals surface area (Å²) >= 11 is 0. The van der Waals surface area contributed by atoms with E-state index in [1.807, 2.05) is 53.7 Å². The number of sulfone groups is 1. The summed E-state index contributed by atoms with van der Waals surface area (Å²) in [6, 6.07) is 11.1. The number of alkyl halides is 2. The van der Waals surface area contributed by atoms with Crippen molar-refractivity contribution in [2.24, 2.45) is 0 Å². The number of hydrogen-bond acceptors (Lipinski definition) is 3. The second kappa shape index (κ2) is 10.4. The topological polar surface area (TPSA) is 43.4 Å². The van der Waals surface area contributed by atoms with Gasteiger partial charge in [-0.1, -0.05) is 71.9 Å². The zero-order chi connectivity index (χ0) is 25.9. The molecule has 0 unspecified atom stereocenters. The van der Waals surface area contributed by atoms with Crippen LogP contribution in [0, 0.1) is 0 Å². The number of hydrogen-bond donors (Lipinski definition) is 0. The van der Waals surface area contributed by atoms with Crippen molar-refractivity contribution in [2.75, 3.05) is 6.61 Å². The van der Waals surface area contributed by atoms with E-state index in [0.29, 0.717) is 11.1 Å². The monoisotopic (exact) mass is 494 g/mol. The predicted molar refractivity (Wildman–Crippen MR) is 132 cm³/mol. The second-order valence-electron chi connectivity index (χ2n) is 10.2. The van der Waals surface area contributed by atoms with Gasteiger partial charge in [-0.25, -0.2) is 17.2 Å². The SMILES string of the molecule is C/C(=C/C=C(\F)S(=O)(=O)c1ccccc1)c1cc(C(C)(C)C)cc(C(C)(C)C)c1OCC(F)F. The molecule has 0 N–H and O–H groups in total. The minimum Gasteiger partial charge on any atom is -0.487 e. The average molecular weight is 495 g/mol. The largest absolute Gasteiger partial charge is 0.487 e. The smallest absolute Gasteiger partial charge is 0.272 e. The molecule has 0 heterocycles. The standard InChI is InChI=1S/C27H33F3O3S/c1-18(13-14-24(30)34(31,32)20-11-9-8-10-12-20)21-15-19(26(2,3)4)16-22(27(5,6)7)25(21)33-17-23(28)29/h8-16,23H,17H2,1-7H3/b18-13-,24-14+. The Balaban J connectivity index is 2.68. The summed E-state index contributed by atoms with van der Waals surface area (Å²) in [5, 5.41) is -1.31. The Morgan fingerprint density at radius 1 is 0.971 bits per heavy atom. The first-order chi connectivity index (χ1) is 15.5. The fourth-order valence-corrected chi connectivity index (χ4v) is 4.28. The molecule has 0 radical (unpaired) electrons. The maximum atomic E-state index is 14.7. The Morgan fingerprint density at radius 3 is 2.06 bits per heavy atom. The molecule has 0 aromatic heterocycles. The van der Waals surface area contributed by atoms with Crippen molar-refractivity contribution in [3.05, 3.63) is 76.5 Å². The van der Waals surface area contributed by atoms with Gasteiger partial charge in [0.25, 0.3) is 6.43 Å². The Hall–Kier alpha value is -2.54. The van der Waals surface area contributed by atoms with Crippen LogP contribution in [0.2, 0.25) is 0 Å². The van der Waals surface area contributed by atoms with Crippen molar-refractivity contribution >= 4 is 15.4 Å². The van der Waals surface area contributed by atoms with Gasteiger partial charge < -0.3 is 4.74 Å². The summed E-state index contributed by atoms with van der Waals surface area (Å²) in [4.78, 5) is -0.152. The van der Waals surface area contributed by atoms with E-state index in [1.165, 1.54) is 30.3 Å². The molecule has 0 bridgehead atoms. The van der Waals surface area contributed by atoms with Gasteiger partial charge in [0.05, 0.1) is 4.90 Å². The van der Waals surface area contributed by atoms with Crippen LogP contribution in [0.3, 0.4) is 0 Å². The second-order valence-corrected chi connectivity index (χ2v) is 12.1. The van der Waals surface area contributed by atoms with Gasteiger partial charge in [0.2, 0.25) is 15.0 Å². The van der Waals surface area contributed by atoms with Crippen LogP contribution in [-0.4, -0.2) is 21.5 Å². The Morgan fingerprint density at radius 2 is 1.56 bits per heavy atom. The third-order valence-electron chi connectivity index (χ3n) is 5.32. The van der Waals surface area contributed by atoms with Crippen LogP contribution in [0.25, 0.3) is 5.57 Å². The molecule has 0 aliphatic heterocycles. The number of benzene rings is 2. The van der Waals surface area contributed by atoms with Crippen molar-refractivity contribution in [1.82, 2.24) is 0 Å². The van der Waals surface area contributed by atoms with Gasteiger partial charge in [-0.05, 0) is 53.2 Å².